The number of carboxylic acids is 1. The van der Waals surface area contributed by atoms with Gasteiger partial charge in [-0.1, -0.05) is 38.1 Å². The van der Waals surface area contributed by atoms with Crippen LogP contribution in [0.3, 0.4) is 0 Å². The van der Waals surface area contributed by atoms with E-state index in [9.17, 15) is 14.7 Å². The van der Waals surface area contributed by atoms with Gasteiger partial charge in [-0.15, -0.1) is 0 Å². The average Bonchev–Trinajstić information content (AvgIpc) is 2.50. The molecule has 1 aromatic carbocycles. The van der Waals surface area contributed by atoms with E-state index in [2.05, 4.69) is 5.32 Å². The van der Waals surface area contributed by atoms with Gasteiger partial charge >= 0.3 is 5.97 Å². The van der Waals surface area contributed by atoms with Crippen LogP contribution in [-0.4, -0.2) is 22.1 Å². The van der Waals surface area contributed by atoms with Gasteiger partial charge in [0.15, 0.2) is 0 Å². The number of aliphatic hydroxyl groups is 1. The Morgan fingerprint density at radius 3 is 2.33 bits per heavy atom. The fourth-order valence-electron chi connectivity index (χ4n) is 2.29. The first kappa shape index (κ1) is 17.2. The summed E-state index contributed by atoms with van der Waals surface area (Å²) >= 11 is 0. The number of amides is 1. The number of aliphatic hydroxyl groups excluding tert-OH is 1. The maximum atomic E-state index is 12.0. The van der Waals surface area contributed by atoms with Crippen molar-refractivity contribution >= 4 is 11.9 Å². The third-order valence-corrected chi connectivity index (χ3v) is 3.97. The number of carbonyl (C=O) groups excluding carboxylic acids is 1. The molecule has 0 atom stereocenters. The van der Waals surface area contributed by atoms with Gasteiger partial charge in [-0.05, 0) is 24.0 Å². The monoisotopic (exact) mass is 293 g/mol. The fourth-order valence-corrected chi connectivity index (χ4v) is 2.29. The molecule has 116 valence electrons. The SMILES string of the molecule is CCC(CC)(CC(=O)NCc1cccc(CO)c1)C(=O)O. The molecule has 5 nitrogen and oxygen atoms in total. The maximum absolute atomic E-state index is 12.0. The van der Waals surface area contributed by atoms with Crippen LogP contribution in [0.1, 0.15) is 44.2 Å². The van der Waals surface area contributed by atoms with Gasteiger partial charge in [0.1, 0.15) is 0 Å². The van der Waals surface area contributed by atoms with E-state index in [0.29, 0.717) is 19.4 Å². The van der Waals surface area contributed by atoms with Crippen LogP contribution in [0.25, 0.3) is 0 Å². The third-order valence-electron chi connectivity index (χ3n) is 3.97. The molecule has 1 amide bonds. The van der Waals surface area contributed by atoms with Gasteiger partial charge in [0, 0.05) is 13.0 Å². The van der Waals surface area contributed by atoms with Crippen molar-refractivity contribution in [3.63, 3.8) is 0 Å². The Labute approximate surface area is 125 Å². The predicted molar refractivity (Wildman–Crippen MR) is 79.5 cm³/mol. The topological polar surface area (TPSA) is 86.6 Å². The Morgan fingerprint density at radius 1 is 1.19 bits per heavy atom. The number of carbonyl (C=O) groups is 2. The molecule has 0 aliphatic carbocycles. The maximum Gasteiger partial charge on any atom is 0.310 e. The number of rotatable bonds is 8. The second-order valence-corrected chi connectivity index (χ2v) is 5.22. The van der Waals surface area contributed by atoms with E-state index in [4.69, 9.17) is 5.11 Å². The molecule has 0 heterocycles. The lowest BCUT2D eigenvalue weighted by atomic mass is 9.79. The van der Waals surface area contributed by atoms with E-state index in [1.807, 2.05) is 18.2 Å². The second kappa shape index (κ2) is 7.78. The van der Waals surface area contributed by atoms with E-state index < -0.39 is 11.4 Å². The van der Waals surface area contributed by atoms with Crippen LogP contribution in [0.2, 0.25) is 0 Å². The van der Waals surface area contributed by atoms with Crippen LogP contribution in [0, 0.1) is 5.41 Å². The van der Waals surface area contributed by atoms with Crippen LogP contribution < -0.4 is 5.32 Å². The Morgan fingerprint density at radius 2 is 1.81 bits per heavy atom. The van der Waals surface area contributed by atoms with E-state index >= 15 is 0 Å². The largest absolute Gasteiger partial charge is 0.481 e. The summed E-state index contributed by atoms with van der Waals surface area (Å²) in [6, 6.07) is 7.27. The van der Waals surface area contributed by atoms with Gasteiger partial charge in [-0.3, -0.25) is 9.59 Å². The van der Waals surface area contributed by atoms with E-state index in [-0.39, 0.29) is 18.9 Å². The quantitative estimate of drug-likeness (QED) is 0.685. The van der Waals surface area contributed by atoms with Crippen molar-refractivity contribution in [1.29, 1.82) is 0 Å². The highest BCUT2D eigenvalue weighted by molar-refractivity contribution is 5.84. The molecule has 21 heavy (non-hydrogen) atoms. The third kappa shape index (κ3) is 4.56. The van der Waals surface area contributed by atoms with E-state index in [0.717, 1.165) is 11.1 Å². The zero-order valence-electron chi connectivity index (χ0n) is 12.6. The Bertz CT molecular complexity index is 495. The first-order valence-electron chi connectivity index (χ1n) is 7.16. The number of aliphatic carboxylic acids is 1. The zero-order chi connectivity index (χ0) is 15.9. The first-order chi connectivity index (χ1) is 9.97. The number of nitrogens with one attached hydrogen (secondary N) is 1. The lowest BCUT2D eigenvalue weighted by molar-refractivity contribution is -0.152. The zero-order valence-corrected chi connectivity index (χ0v) is 12.6. The van der Waals surface area contributed by atoms with Crippen LogP contribution in [-0.2, 0) is 22.7 Å². The molecule has 0 radical (unpaired) electrons. The molecule has 0 saturated heterocycles. The standard InChI is InChI=1S/C16H23NO4/c1-3-16(4-2,15(20)21)9-14(19)17-10-12-6-5-7-13(8-12)11-18/h5-8,18H,3-4,9-11H2,1-2H3,(H,17,19)(H,20,21). The summed E-state index contributed by atoms with van der Waals surface area (Å²) in [5.41, 5.74) is 0.671. The van der Waals surface area contributed by atoms with Gasteiger partial charge in [-0.2, -0.15) is 0 Å². The summed E-state index contributed by atoms with van der Waals surface area (Å²) in [7, 11) is 0. The number of carboxylic acid groups (broad SMARTS) is 1. The van der Waals surface area contributed by atoms with Crippen molar-refractivity contribution in [2.24, 2.45) is 5.41 Å². The van der Waals surface area contributed by atoms with Crippen molar-refractivity contribution in [2.75, 3.05) is 0 Å². The van der Waals surface area contributed by atoms with Crippen molar-refractivity contribution in [3.05, 3.63) is 35.4 Å². The van der Waals surface area contributed by atoms with Crippen molar-refractivity contribution < 1.29 is 19.8 Å². The highest BCUT2D eigenvalue weighted by Gasteiger charge is 2.36. The molecule has 5 heteroatoms. The van der Waals surface area contributed by atoms with Crippen molar-refractivity contribution in [1.82, 2.24) is 5.32 Å². The Kier molecular flexibility index (Phi) is 6.37. The highest BCUT2D eigenvalue weighted by Crippen LogP contribution is 2.30. The summed E-state index contributed by atoms with van der Waals surface area (Å²) in [4.78, 5) is 23.4. The molecule has 0 aromatic heterocycles. The van der Waals surface area contributed by atoms with E-state index in [1.54, 1.807) is 19.9 Å². The lowest BCUT2D eigenvalue weighted by Gasteiger charge is -2.25. The molecule has 0 saturated carbocycles. The molecule has 0 spiro atoms. The Balaban J connectivity index is 2.62. The van der Waals surface area contributed by atoms with Crippen molar-refractivity contribution in [3.8, 4) is 0 Å². The van der Waals surface area contributed by atoms with Crippen LogP contribution >= 0.6 is 0 Å². The summed E-state index contributed by atoms with van der Waals surface area (Å²) in [5.74, 6) is -1.19. The number of hydrogen-bond acceptors (Lipinski definition) is 3. The molecule has 1 aromatic rings. The predicted octanol–water partition coefficient (Wildman–Crippen LogP) is 2.08. The minimum atomic E-state index is -0.989. The second-order valence-electron chi connectivity index (χ2n) is 5.22. The molecule has 3 N–H and O–H groups in total. The molecule has 0 aliphatic heterocycles. The number of hydrogen-bond donors (Lipinski definition) is 3. The molecular weight excluding hydrogens is 270 g/mol. The highest BCUT2D eigenvalue weighted by atomic mass is 16.4. The minimum absolute atomic E-state index is 0.0188. The van der Waals surface area contributed by atoms with Crippen LogP contribution in [0.5, 0.6) is 0 Å². The first-order valence-corrected chi connectivity index (χ1v) is 7.16. The molecule has 1 rings (SSSR count). The average molecular weight is 293 g/mol. The van der Waals surface area contributed by atoms with Gasteiger partial charge in [0.2, 0.25) is 5.91 Å². The van der Waals surface area contributed by atoms with E-state index in [1.165, 1.54) is 0 Å². The lowest BCUT2D eigenvalue weighted by Crippen LogP contribution is -2.36. The van der Waals surface area contributed by atoms with Gasteiger partial charge in [-0.25, -0.2) is 0 Å². The van der Waals surface area contributed by atoms with Crippen LogP contribution in [0.4, 0.5) is 0 Å². The summed E-state index contributed by atoms with van der Waals surface area (Å²) in [6.45, 7) is 3.86. The minimum Gasteiger partial charge on any atom is -0.481 e. The van der Waals surface area contributed by atoms with Gasteiger partial charge in [0.25, 0.3) is 0 Å². The summed E-state index contributed by atoms with van der Waals surface area (Å²) < 4.78 is 0. The van der Waals surface area contributed by atoms with Gasteiger partial charge < -0.3 is 15.5 Å². The number of benzene rings is 1. The van der Waals surface area contributed by atoms with Crippen molar-refractivity contribution in [2.45, 2.75) is 46.3 Å². The fraction of sp³-hybridized carbons (Fsp3) is 0.500. The van der Waals surface area contributed by atoms with Crippen LogP contribution in [0.15, 0.2) is 24.3 Å². The smallest absolute Gasteiger partial charge is 0.310 e. The Hall–Kier alpha value is -1.88. The normalized spacial score (nSPS) is 11.2. The summed E-state index contributed by atoms with van der Waals surface area (Å²) in [5, 5.41) is 21.1. The molecule has 0 aliphatic rings. The molecular formula is C16H23NO4. The molecule has 0 unspecified atom stereocenters. The molecule has 0 fully saturated rings. The molecule has 0 bridgehead atoms. The summed E-state index contributed by atoms with van der Waals surface area (Å²) in [6.07, 6.45) is 0.827. The van der Waals surface area contributed by atoms with Gasteiger partial charge in [0.05, 0.1) is 12.0 Å².